The molecule has 0 aliphatic carbocycles. The average Bonchev–Trinajstić information content (AvgIpc) is 2.91. The summed E-state index contributed by atoms with van der Waals surface area (Å²) in [5, 5.41) is 12.5. The molecule has 1 aromatic carbocycles. The van der Waals surface area contributed by atoms with Crippen LogP contribution >= 0.6 is 11.3 Å². The summed E-state index contributed by atoms with van der Waals surface area (Å²) in [7, 11) is 0. The Morgan fingerprint density at radius 2 is 2.05 bits per heavy atom. The molecule has 0 aliphatic heterocycles. The first-order valence-electron chi connectivity index (χ1n) is 5.76. The lowest BCUT2D eigenvalue weighted by Crippen LogP contribution is -2.10. The van der Waals surface area contributed by atoms with Gasteiger partial charge in [-0.25, -0.2) is 0 Å². The van der Waals surface area contributed by atoms with Gasteiger partial charge in [-0.3, -0.25) is 0 Å². The Morgan fingerprint density at radius 1 is 1.25 bits per heavy atom. The maximum Gasteiger partial charge on any atom is 0.420 e. The Bertz CT molecular complexity index is 614. The van der Waals surface area contributed by atoms with Crippen LogP contribution in [-0.4, -0.2) is 6.61 Å². The van der Waals surface area contributed by atoms with E-state index < -0.39 is 11.7 Å². The lowest BCUT2D eigenvalue weighted by atomic mass is 10.1. The number of rotatable bonds is 4. The molecule has 104 valence electrons. The second-order valence-corrected chi connectivity index (χ2v) is 4.83. The molecule has 6 heteroatoms. The van der Waals surface area contributed by atoms with E-state index in [9.17, 15) is 13.2 Å². The lowest BCUT2D eigenvalue weighted by molar-refractivity contribution is -0.138. The Kier molecular flexibility index (Phi) is 4.30. The maximum atomic E-state index is 12.9. The molecule has 0 aliphatic rings. The van der Waals surface area contributed by atoms with Gasteiger partial charge in [-0.2, -0.15) is 29.8 Å². The Morgan fingerprint density at radius 3 is 2.65 bits per heavy atom. The number of alkyl halides is 3. The highest BCUT2D eigenvalue weighted by atomic mass is 32.1. The topological polar surface area (TPSA) is 33.0 Å². The zero-order valence-electron chi connectivity index (χ0n) is 10.3. The highest BCUT2D eigenvalue weighted by molar-refractivity contribution is 7.07. The number of hydrogen-bond acceptors (Lipinski definition) is 3. The van der Waals surface area contributed by atoms with Gasteiger partial charge < -0.3 is 4.74 Å². The number of ether oxygens (including phenoxy) is 1. The third-order valence-corrected chi connectivity index (χ3v) is 3.37. The molecule has 0 saturated carbocycles. The van der Waals surface area contributed by atoms with Crippen molar-refractivity contribution >= 4 is 11.3 Å². The fourth-order valence-electron chi connectivity index (χ4n) is 1.66. The van der Waals surface area contributed by atoms with Crippen LogP contribution in [0, 0.1) is 11.3 Å². The van der Waals surface area contributed by atoms with E-state index in [1.807, 2.05) is 16.8 Å². The van der Waals surface area contributed by atoms with E-state index in [2.05, 4.69) is 0 Å². The molecule has 20 heavy (non-hydrogen) atoms. The van der Waals surface area contributed by atoms with Gasteiger partial charge in [0.15, 0.2) is 0 Å². The fraction of sp³-hybridized carbons (Fsp3) is 0.214. The Balaban J connectivity index is 2.12. The summed E-state index contributed by atoms with van der Waals surface area (Å²) in [5.74, 6) is -0.244. The van der Waals surface area contributed by atoms with Crippen LogP contribution in [0.4, 0.5) is 13.2 Å². The van der Waals surface area contributed by atoms with Gasteiger partial charge >= 0.3 is 6.18 Å². The molecule has 0 atom stereocenters. The molecule has 0 unspecified atom stereocenters. The van der Waals surface area contributed by atoms with E-state index in [1.165, 1.54) is 23.5 Å². The molecule has 0 N–H and O–H groups in total. The summed E-state index contributed by atoms with van der Waals surface area (Å²) in [6.07, 6.45) is -3.99. The van der Waals surface area contributed by atoms with Crippen LogP contribution in [0.15, 0.2) is 35.0 Å². The van der Waals surface area contributed by atoms with E-state index in [0.29, 0.717) is 6.42 Å². The summed E-state index contributed by atoms with van der Waals surface area (Å²) in [6, 6.07) is 6.90. The molecule has 0 saturated heterocycles. The van der Waals surface area contributed by atoms with Crippen LogP contribution in [0.1, 0.15) is 16.7 Å². The normalized spacial score (nSPS) is 11.1. The van der Waals surface area contributed by atoms with Gasteiger partial charge in [-0.05, 0) is 40.6 Å². The van der Waals surface area contributed by atoms with Gasteiger partial charge in [-0.15, -0.1) is 0 Å². The van der Waals surface area contributed by atoms with E-state index in [4.69, 9.17) is 10.00 Å². The molecule has 1 heterocycles. The molecule has 0 spiro atoms. The van der Waals surface area contributed by atoms with Gasteiger partial charge in [0.05, 0.1) is 23.8 Å². The molecule has 0 radical (unpaired) electrons. The van der Waals surface area contributed by atoms with E-state index in [1.54, 1.807) is 6.07 Å². The quantitative estimate of drug-likeness (QED) is 0.844. The molecule has 0 bridgehead atoms. The minimum absolute atomic E-state index is 0.0393. The summed E-state index contributed by atoms with van der Waals surface area (Å²) in [5.41, 5.74) is 0.0709. The fourth-order valence-corrected chi connectivity index (χ4v) is 2.36. The van der Waals surface area contributed by atoms with Gasteiger partial charge in [0.25, 0.3) is 0 Å². The molecule has 0 fully saturated rings. The molecule has 2 rings (SSSR count). The predicted molar refractivity (Wildman–Crippen MR) is 69.7 cm³/mol. The first kappa shape index (κ1) is 14.4. The van der Waals surface area contributed by atoms with Crippen molar-refractivity contribution in [2.45, 2.75) is 12.6 Å². The summed E-state index contributed by atoms with van der Waals surface area (Å²) in [4.78, 5) is 0. The monoisotopic (exact) mass is 297 g/mol. The first-order valence-corrected chi connectivity index (χ1v) is 6.70. The van der Waals surface area contributed by atoms with Crippen LogP contribution in [0.25, 0.3) is 0 Å². The molecular weight excluding hydrogens is 287 g/mol. The second kappa shape index (κ2) is 5.97. The standard InChI is InChI=1S/C14H10F3NOS/c15-14(16,17)12-7-11(8-18)1-2-13(12)19-5-3-10-4-6-20-9-10/h1-2,4,6-7,9H,3,5H2. The Labute approximate surface area is 118 Å². The number of nitriles is 1. The second-order valence-electron chi connectivity index (χ2n) is 4.05. The van der Waals surface area contributed by atoms with E-state index in [0.717, 1.165) is 11.6 Å². The molecule has 2 nitrogen and oxygen atoms in total. The van der Waals surface area contributed by atoms with Crippen LogP contribution < -0.4 is 4.74 Å². The molecular formula is C14H10F3NOS. The SMILES string of the molecule is N#Cc1ccc(OCCc2ccsc2)c(C(F)(F)F)c1. The Hall–Kier alpha value is -2.00. The number of nitrogens with zero attached hydrogens (tertiary/aromatic N) is 1. The third-order valence-electron chi connectivity index (χ3n) is 2.64. The highest BCUT2D eigenvalue weighted by Crippen LogP contribution is 2.36. The van der Waals surface area contributed by atoms with Crippen LogP contribution in [0.3, 0.4) is 0 Å². The zero-order valence-corrected chi connectivity index (χ0v) is 11.1. The van der Waals surface area contributed by atoms with Crippen molar-refractivity contribution in [3.63, 3.8) is 0 Å². The van der Waals surface area contributed by atoms with Gasteiger partial charge in [0, 0.05) is 6.42 Å². The minimum Gasteiger partial charge on any atom is -0.493 e. The van der Waals surface area contributed by atoms with Crippen LogP contribution in [0.5, 0.6) is 5.75 Å². The smallest absolute Gasteiger partial charge is 0.420 e. The van der Waals surface area contributed by atoms with E-state index >= 15 is 0 Å². The van der Waals surface area contributed by atoms with Crippen molar-refractivity contribution in [2.75, 3.05) is 6.61 Å². The highest BCUT2D eigenvalue weighted by Gasteiger charge is 2.34. The summed E-state index contributed by atoms with van der Waals surface area (Å²) < 4.78 is 43.8. The maximum absolute atomic E-state index is 12.9. The zero-order chi connectivity index (χ0) is 14.6. The predicted octanol–water partition coefficient (Wildman–Crippen LogP) is 4.26. The number of thiophene rings is 1. The first-order chi connectivity index (χ1) is 9.50. The largest absolute Gasteiger partial charge is 0.493 e. The molecule has 0 amide bonds. The van der Waals surface area contributed by atoms with Crippen LogP contribution in [-0.2, 0) is 12.6 Å². The van der Waals surface area contributed by atoms with Crippen molar-refractivity contribution in [3.8, 4) is 11.8 Å². The number of hydrogen-bond donors (Lipinski definition) is 0. The third kappa shape index (κ3) is 3.52. The van der Waals surface area contributed by atoms with E-state index in [-0.39, 0.29) is 17.9 Å². The minimum atomic E-state index is -4.54. The number of benzene rings is 1. The van der Waals surface area contributed by atoms with Crippen molar-refractivity contribution in [1.29, 1.82) is 5.26 Å². The average molecular weight is 297 g/mol. The van der Waals surface area contributed by atoms with Gasteiger partial charge in [0.2, 0.25) is 0 Å². The van der Waals surface area contributed by atoms with Crippen molar-refractivity contribution in [2.24, 2.45) is 0 Å². The van der Waals surface area contributed by atoms with Crippen molar-refractivity contribution < 1.29 is 17.9 Å². The molecule has 2 aromatic rings. The lowest BCUT2D eigenvalue weighted by Gasteiger charge is -2.14. The molecule has 1 aromatic heterocycles. The van der Waals surface area contributed by atoms with Gasteiger partial charge in [0.1, 0.15) is 5.75 Å². The van der Waals surface area contributed by atoms with Crippen molar-refractivity contribution in [1.82, 2.24) is 0 Å². The van der Waals surface area contributed by atoms with Gasteiger partial charge in [-0.1, -0.05) is 0 Å². The van der Waals surface area contributed by atoms with Crippen molar-refractivity contribution in [3.05, 3.63) is 51.7 Å². The summed E-state index contributed by atoms with van der Waals surface area (Å²) in [6.45, 7) is 0.158. The number of halogens is 3. The summed E-state index contributed by atoms with van der Waals surface area (Å²) >= 11 is 1.53. The van der Waals surface area contributed by atoms with Crippen LogP contribution in [0.2, 0.25) is 0 Å².